The van der Waals surface area contributed by atoms with Gasteiger partial charge in [0, 0.05) is 26.2 Å². The Kier molecular flexibility index (Phi) is 10.4. The molecule has 1 fully saturated rings. The molecule has 6 nitrogen and oxygen atoms in total. The van der Waals surface area contributed by atoms with Crippen molar-refractivity contribution >= 4 is 11.7 Å². The number of nitrogens with zero attached hydrogens (tertiary/aromatic N) is 4. The summed E-state index contributed by atoms with van der Waals surface area (Å²) < 4.78 is 0. The Balaban J connectivity index is 1.54. The van der Waals surface area contributed by atoms with E-state index >= 15 is 0 Å². The predicted octanol–water partition coefficient (Wildman–Crippen LogP) is 3.57. The highest BCUT2D eigenvalue weighted by molar-refractivity contribution is 6.38. The molecule has 1 N–H and O–H groups in total. The topological polar surface area (TPSA) is 51.2 Å². The van der Waals surface area contributed by atoms with E-state index in [4.69, 9.17) is 4.99 Å². The van der Waals surface area contributed by atoms with Gasteiger partial charge in [0.1, 0.15) is 0 Å². The summed E-state index contributed by atoms with van der Waals surface area (Å²) in [4.78, 5) is 25.0. The molecule has 2 aliphatic rings. The summed E-state index contributed by atoms with van der Waals surface area (Å²) in [5, 5.41) is 3.13. The molecule has 1 saturated heterocycles. The molecule has 0 saturated carbocycles. The van der Waals surface area contributed by atoms with Crippen LogP contribution in [0, 0.1) is 5.92 Å². The fourth-order valence-corrected chi connectivity index (χ4v) is 5.08. The molecule has 0 spiro atoms. The Morgan fingerprint density at radius 2 is 1.97 bits per heavy atom. The largest absolute Gasteiger partial charge is 0.348 e. The van der Waals surface area contributed by atoms with Gasteiger partial charge in [-0.1, -0.05) is 56.3 Å². The fraction of sp³-hybridized carbons (Fsp3) is 0.571. The second-order valence-corrected chi connectivity index (χ2v) is 9.45. The molecule has 3 unspecified atom stereocenters. The van der Waals surface area contributed by atoms with Gasteiger partial charge in [0.05, 0.1) is 12.1 Å². The molecular formula is C28H43N5O. The first-order valence-electron chi connectivity index (χ1n) is 13.0. The summed E-state index contributed by atoms with van der Waals surface area (Å²) in [6, 6.07) is 9.96. The molecule has 1 aromatic carbocycles. The van der Waals surface area contributed by atoms with E-state index < -0.39 is 0 Å². The lowest BCUT2D eigenvalue weighted by Gasteiger charge is -2.27. The monoisotopic (exact) mass is 465 g/mol. The van der Waals surface area contributed by atoms with Gasteiger partial charge in [0.15, 0.2) is 5.84 Å². The number of carbonyl (C=O) groups is 1. The average molecular weight is 466 g/mol. The number of carbonyl (C=O) groups excluding carboxylic acids is 1. The maximum absolute atomic E-state index is 13.2. The SMILES string of the molecule is C=CC1N=C(C(=O)NCCN(CCC)CCC2CCN(CC)C2)N(Cc2ccccc2)C1C=C. The second kappa shape index (κ2) is 13.4. The van der Waals surface area contributed by atoms with Gasteiger partial charge in [-0.3, -0.25) is 9.79 Å². The highest BCUT2D eigenvalue weighted by Crippen LogP contribution is 2.23. The van der Waals surface area contributed by atoms with Crippen LogP contribution in [0.25, 0.3) is 0 Å². The maximum atomic E-state index is 13.2. The number of amidine groups is 1. The lowest BCUT2D eigenvalue weighted by atomic mass is 10.0. The van der Waals surface area contributed by atoms with Crippen LogP contribution < -0.4 is 5.32 Å². The van der Waals surface area contributed by atoms with E-state index in [1.54, 1.807) is 6.08 Å². The van der Waals surface area contributed by atoms with Crippen LogP contribution in [0.1, 0.15) is 38.7 Å². The molecule has 186 valence electrons. The molecule has 1 aromatic rings. The van der Waals surface area contributed by atoms with Gasteiger partial charge in [-0.15, -0.1) is 13.2 Å². The zero-order valence-corrected chi connectivity index (χ0v) is 21.2. The molecule has 6 heteroatoms. The number of nitrogens with one attached hydrogen (secondary N) is 1. The third-order valence-corrected chi connectivity index (χ3v) is 7.06. The van der Waals surface area contributed by atoms with Crippen LogP contribution in [0.3, 0.4) is 0 Å². The third kappa shape index (κ3) is 7.03. The Morgan fingerprint density at radius 1 is 1.18 bits per heavy atom. The minimum atomic E-state index is -0.160. The predicted molar refractivity (Wildman–Crippen MR) is 142 cm³/mol. The van der Waals surface area contributed by atoms with Crippen LogP contribution in [-0.2, 0) is 11.3 Å². The van der Waals surface area contributed by atoms with E-state index in [-0.39, 0.29) is 18.0 Å². The number of likely N-dealkylation sites (tertiary alicyclic amines) is 1. The minimum Gasteiger partial charge on any atom is -0.348 e. The summed E-state index contributed by atoms with van der Waals surface area (Å²) in [6.07, 6.45) is 7.35. The number of amides is 1. The summed E-state index contributed by atoms with van der Waals surface area (Å²) in [6.45, 7) is 20.3. The van der Waals surface area contributed by atoms with Crippen LogP contribution in [0.2, 0.25) is 0 Å². The molecule has 0 aliphatic carbocycles. The van der Waals surface area contributed by atoms with Crippen molar-refractivity contribution in [1.82, 2.24) is 20.0 Å². The van der Waals surface area contributed by atoms with Gasteiger partial charge in [-0.05, 0) is 56.9 Å². The van der Waals surface area contributed by atoms with Crippen LogP contribution in [0.4, 0.5) is 0 Å². The molecular weight excluding hydrogens is 422 g/mol. The zero-order valence-electron chi connectivity index (χ0n) is 21.2. The Bertz CT molecular complexity index is 823. The molecule has 2 aliphatic heterocycles. The third-order valence-electron chi connectivity index (χ3n) is 7.06. The second-order valence-electron chi connectivity index (χ2n) is 9.45. The standard InChI is InChI=1S/C28H43N5O/c1-5-17-32(19-15-24-14-18-31(8-4)21-24)20-16-29-28(34)27-30-25(6-2)26(7-3)33(27)22-23-12-10-9-11-13-23/h6-7,9-13,24-26H,2-3,5,8,14-22H2,1,4H3,(H,29,34). The highest BCUT2D eigenvalue weighted by atomic mass is 16.2. The first-order chi connectivity index (χ1) is 16.6. The van der Waals surface area contributed by atoms with Crippen molar-refractivity contribution in [2.24, 2.45) is 10.9 Å². The Morgan fingerprint density at radius 3 is 2.62 bits per heavy atom. The summed E-state index contributed by atoms with van der Waals surface area (Å²) in [7, 11) is 0. The molecule has 0 aromatic heterocycles. The summed E-state index contributed by atoms with van der Waals surface area (Å²) in [5.41, 5.74) is 1.14. The maximum Gasteiger partial charge on any atom is 0.286 e. The first-order valence-corrected chi connectivity index (χ1v) is 13.0. The Hall–Kier alpha value is -2.44. The van der Waals surface area contributed by atoms with Crippen molar-refractivity contribution in [1.29, 1.82) is 0 Å². The number of aliphatic imine (C=N–C) groups is 1. The van der Waals surface area contributed by atoms with Gasteiger partial charge >= 0.3 is 0 Å². The minimum absolute atomic E-state index is 0.0656. The van der Waals surface area contributed by atoms with Crippen molar-refractivity contribution < 1.29 is 4.79 Å². The van der Waals surface area contributed by atoms with Crippen LogP contribution in [0.15, 0.2) is 60.6 Å². The zero-order chi connectivity index (χ0) is 24.3. The van der Waals surface area contributed by atoms with Gasteiger partial charge in [0.2, 0.25) is 0 Å². The molecule has 3 atom stereocenters. The smallest absolute Gasteiger partial charge is 0.286 e. The van der Waals surface area contributed by atoms with Gasteiger partial charge in [-0.25, -0.2) is 0 Å². The van der Waals surface area contributed by atoms with Crippen molar-refractivity contribution in [2.45, 2.75) is 51.7 Å². The van der Waals surface area contributed by atoms with E-state index in [1.165, 1.54) is 25.9 Å². The molecule has 1 amide bonds. The molecule has 3 rings (SSSR count). The van der Waals surface area contributed by atoms with Crippen molar-refractivity contribution in [3.05, 3.63) is 61.2 Å². The molecule has 0 radical (unpaired) electrons. The van der Waals surface area contributed by atoms with Crippen molar-refractivity contribution in [3.8, 4) is 0 Å². The van der Waals surface area contributed by atoms with E-state index in [1.807, 2.05) is 29.2 Å². The molecule has 2 heterocycles. The number of rotatable bonds is 14. The number of hydrogen-bond acceptors (Lipinski definition) is 5. The van der Waals surface area contributed by atoms with Crippen LogP contribution in [0.5, 0.6) is 0 Å². The van der Waals surface area contributed by atoms with Crippen molar-refractivity contribution in [3.63, 3.8) is 0 Å². The number of hydrogen-bond donors (Lipinski definition) is 1. The van der Waals surface area contributed by atoms with Gasteiger partial charge < -0.3 is 20.0 Å². The van der Waals surface area contributed by atoms with E-state index in [0.717, 1.165) is 44.1 Å². The molecule has 34 heavy (non-hydrogen) atoms. The highest BCUT2D eigenvalue weighted by Gasteiger charge is 2.35. The fourth-order valence-electron chi connectivity index (χ4n) is 5.08. The molecule has 0 bridgehead atoms. The normalized spacial score (nSPS) is 22.7. The quantitative estimate of drug-likeness (QED) is 0.427. The average Bonchev–Trinajstić information content (AvgIpc) is 3.47. The van der Waals surface area contributed by atoms with E-state index in [9.17, 15) is 4.79 Å². The van der Waals surface area contributed by atoms with E-state index in [2.05, 4.69) is 54.3 Å². The first kappa shape index (κ1) is 26.2. The van der Waals surface area contributed by atoms with Gasteiger partial charge in [-0.2, -0.15) is 0 Å². The lowest BCUT2D eigenvalue weighted by molar-refractivity contribution is -0.115. The Labute approximate surface area is 206 Å². The van der Waals surface area contributed by atoms with Crippen LogP contribution in [-0.4, -0.2) is 84.3 Å². The lowest BCUT2D eigenvalue weighted by Crippen LogP contribution is -2.46. The van der Waals surface area contributed by atoms with Gasteiger partial charge in [0.25, 0.3) is 5.91 Å². The van der Waals surface area contributed by atoms with Crippen molar-refractivity contribution in [2.75, 3.05) is 45.8 Å². The summed E-state index contributed by atoms with van der Waals surface area (Å²) >= 11 is 0. The van der Waals surface area contributed by atoms with Crippen LogP contribution >= 0.6 is 0 Å². The summed E-state index contributed by atoms with van der Waals surface area (Å²) in [5.74, 6) is 1.17. The van der Waals surface area contributed by atoms with E-state index in [0.29, 0.717) is 18.9 Å². The number of benzene rings is 1.